The van der Waals surface area contributed by atoms with Crippen LogP contribution in [0.1, 0.15) is 0 Å². The number of benzene rings is 1. The van der Waals surface area contributed by atoms with Crippen molar-refractivity contribution in [3.8, 4) is 17.1 Å². The van der Waals surface area contributed by atoms with E-state index >= 15 is 0 Å². The van der Waals surface area contributed by atoms with Crippen molar-refractivity contribution in [2.45, 2.75) is 0 Å². The zero-order valence-electron chi connectivity index (χ0n) is 7.28. The Bertz CT molecular complexity index is 359. The van der Waals surface area contributed by atoms with E-state index in [0.717, 1.165) is 17.1 Å². The van der Waals surface area contributed by atoms with Crippen LogP contribution < -0.4 is 4.74 Å². The van der Waals surface area contributed by atoms with Crippen LogP contribution in [0.5, 0.6) is 5.75 Å². The maximum atomic E-state index is 5.13. The molecule has 2 aromatic rings. The minimum atomic E-state index is 0.822. The first-order valence-corrected chi connectivity index (χ1v) is 4.00. The van der Waals surface area contributed by atoms with Gasteiger partial charge in [-0.3, -0.25) is 0 Å². The minimum Gasteiger partial charge on any atom is -0.497 e. The van der Waals surface area contributed by atoms with Gasteiger partial charge in [-0.1, -0.05) is 0 Å². The molecule has 0 aliphatic rings. The average molecular weight is 173 g/mol. The van der Waals surface area contributed by atoms with Crippen molar-refractivity contribution in [1.82, 2.24) is 0 Å². The normalized spacial score (nSPS) is 9.92. The van der Waals surface area contributed by atoms with Gasteiger partial charge in [-0.15, -0.1) is 0 Å². The molecule has 0 aliphatic heterocycles. The monoisotopic (exact) mass is 173 g/mol. The molecular weight excluding hydrogens is 164 g/mol. The van der Waals surface area contributed by atoms with Crippen molar-refractivity contribution in [1.29, 1.82) is 0 Å². The smallest absolute Gasteiger partial charge is 0.170 e. The van der Waals surface area contributed by atoms with E-state index in [-0.39, 0.29) is 0 Å². The Balaban J connectivity index is 2.33. The highest BCUT2D eigenvalue weighted by Gasteiger charge is 1.99. The third-order valence-corrected chi connectivity index (χ3v) is 1.85. The van der Waals surface area contributed by atoms with Crippen molar-refractivity contribution in [3.63, 3.8) is 0 Å². The first-order valence-electron chi connectivity index (χ1n) is 4.00. The molecule has 0 spiro atoms. The maximum Gasteiger partial charge on any atom is 0.170 e. The zero-order valence-corrected chi connectivity index (χ0v) is 7.28. The molecule has 65 valence electrons. The molecule has 0 atom stereocenters. The van der Waals surface area contributed by atoms with E-state index in [1.807, 2.05) is 30.3 Å². The first kappa shape index (κ1) is 7.92. The second-order valence-electron chi connectivity index (χ2n) is 2.65. The quantitative estimate of drug-likeness (QED) is 0.696. The van der Waals surface area contributed by atoms with Gasteiger partial charge in [0.2, 0.25) is 0 Å². The molecule has 2 nitrogen and oxygen atoms in total. The van der Waals surface area contributed by atoms with Gasteiger partial charge < -0.3 is 9.15 Å². The Morgan fingerprint density at radius 3 is 2.46 bits per heavy atom. The van der Waals surface area contributed by atoms with Crippen molar-refractivity contribution >= 4 is 0 Å². The van der Waals surface area contributed by atoms with Gasteiger partial charge in [0.25, 0.3) is 0 Å². The standard InChI is InChI=1S/C11H9O2/c1-12-10-6-4-9(5-7-10)11-3-2-8-13-11/h2-7H,1H3. The van der Waals surface area contributed by atoms with E-state index in [1.165, 1.54) is 0 Å². The van der Waals surface area contributed by atoms with Crippen LogP contribution in [-0.4, -0.2) is 7.11 Å². The largest absolute Gasteiger partial charge is 0.497 e. The molecule has 0 fully saturated rings. The minimum absolute atomic E-state index is 0.822. The highest BCUT2D eigenvalue weighted by Crippen LogP contribution is 2.21. The topological polar surface area (TPSA) is 22.4 Å². The highest BCUT2D eigenvalue weighted by atomic mass is 16.5. The number of hydrogen-bond acceptors (Lipinski definition) is 2. The molecule has 1 radical (unpaired) electrons. The van der Waals surface area contributed by atoms with E-state index in [4.69, 9.17) is 9.15 Å². The molecule has 0 unspecified atom stereocenters. The predicted molar refractivity (Wildman–Crippen MR) is 49.5 cm³/mol. The molecule has 2 rings (SSSR count). The van der Waals surface area contributed by atoms with Gasteiger partial charge in [0.15, 0.2) is 6.26 Å². The third kappa shape index (κ3) is 1.56. The van der Waals surface area contributed by atoms with Gasteiger partial charge in [0, 0.05) is 5.56 Å². The van der Waals surface area contributed by atoms with Crippen LogP contribution in [0.15, 0.2) is 40.8 Å². The molecule has 1 aromatic heterocycles. The molecule has 13 heavy (non-hydrogen) atoms. The van der Waals surface area contributed by atoms with E-state index < -0.39 is 0 Å². The summed E-state index contributed by atoms with van der Waals surface area (Å²) in [5.74, 6) is 1.67. The number of rotatable bonds is 2. The molecule has 0 amide bonds. The lowest BCUT2D eigenvalue weighted by Crippen LogP contribution is -1.81. The molecular formula is C11H9O2. The summed E-state index contributed by atoms with van der Waals surface area (Å²) in [6, 6.07) is 11.3. The SMILES string of the molecule is COc1ccc(-c2cc[c]o2)cc1. The molecule has 0 aliphatic carbocycles. The number of methoxy groups -OCH3 is 1. The molecule has 1 aromatic carbocycles. The summed E-state index contributed by atoms with van der Waals surface area (Å²) in [5, 5.41) is 0. The van der Waals surface area contributed by atoms with Gasteiger partial charge in [-0.25, -0.2) is 0 Å². The van der Waals surface area contributed by atoms with Gasteiger partial charge in [0.05, 0.1) is 7.11 Å². The maximum absolute atomic E-state index is 5.13. The lowest BCUT2D eigenvalue weighted by molar-refractivity contribution is 0.415. The fourth-order valence-corrected chi connectivity index (χ4v) is 1.15. The average Bonchev–Trinajstić information content (AvgIpc) is 2.71. The Morgan fingerprint density at radius 2 is 1.92 bits per heavy atom. The fraction of sp³-hybridized carbons (Fsp3) is 0.0909. The summed E-state index contributed by atoms with van der Waals surface area (Å²) < 4.78 is 10.2. The third-order valence-electron chi connectivity index (χ3n) is 1.85. The Labute approximate surface area is 76.8 Å². The lowest BCUT2D eigenvalue weighted by atomic mass is 10.2. The fourth-order valence-electron chi connectivity index (χ4n) is 1.15. The van der Waals surface area contributed by atoms with Crippen LogP contribution in [0.2, 0.25) is 0 Å². The highest BCUT2D eigenvalue weighted by molar-refractivity contribution is 5.57. The Morgan fingerprint density at radius 1 is 1.15 bits per heavy atom. The van der Waals surface area contributed by atoms with Gasteiger partial charge >= 0.3 is 0 Å². The van der Waals surface area contributed by atoms with Gasteiger partial charge in [0.1, 0.15) is 11.5 Å². The molecule has 0 N–H and O–H groups in total. The second-order valence-corrected chi connectivity index (χ2v) is 2.65. The molecule has 0 saturated carbocycles. The number of hydrogen-bond donors (Lipinski definition) is 0. The van der Waals surface area contributed by atoms with Crippen LogP contribution in [0.25, 0.3) is 11.3 Å². The molecule has 0 bridgehead atoms. The summed E-state index contributed by atoms with van der Waals surface area (Å²) in [4.78, 5) is 0. The number of furan rings is 1. The Hall–Kier alpha value is -1.70. The van der Waals surface area contributed by atoms with Crippen LogP contribution in [0.4, 0.5) is 0 Å². The first-order chi connectivity index (χ1) is 6.40. The number of ether oxygens (including phenoxy) is 1. The molecule has 0 saturated heterocycles. The van der Waals surface area contributed by atoms with E-state index in [0.29, 0.717) is 0 Å². The summed E-state index contributed by atoms with van der Waals surface area (Å²) in [6.45, 7) is 0. The van der Waals surface area contributed by atoms with Crippen LogP contribution in [0.3, 0.4) is 0 Å². The zero-order chi connectivity index (χ0) is 9.10. The molecule has 1 heterocycles. The summed E-state index contributed by atoms with van der Waals surface area (Å²) in [7, 11) is 1.65. The summed E-state index contributed by atoms with van der Waals surface area (Å²) >= 11 is 0. The van der Waals surface area contributed by atoms with Crippen LogP contribution in [0, 0.1) is 6.26 Å². The van der Waals surface area contributed by atoms with E-state index in [2.05, 4.69) is 6.26 Å². The van der Waals surface area contributed by atoms with Gasteiger partial charge in [-0.05, 0) is 36.4 Å². The lowest BCUT2D eigenvalue weighted by Gasteiger charge is -1.99. The Kier molecular flexibility index (Phi) is 2.04. The van der Waals surface area contributed by atoms with Crippen molar-refractivity contribution in [3.05, 3.63) is 42.7 Å². The van der Waals surface area contributed by atoms with Gasteiger partial charge in [-0.2, -0.15) is 0 Å². The summed E-state index contributed by atoms with van der Waals surface area (Å²) in [6.07, 6.45) is 2.65. The van der Waals surface area contributed by atoms with Crippen LogP contribution in [-0.2, 0) is 0 Å². The van der Waals surface area contributed by atoms with Crippen molar-refractivity contribution in [2.24, 2.45) is 0 Å². The van der Waals surface area contributed by atoms with E-state index in [9.17, 15) is 0 Å². The van der Waals surface area contributed by atoms with Crippen molar-refractivity contribution in [2.75, 3.05) is 7.11 Å². The summed E-state index contributed by atoms with van der Waals surface area (Å²) in [5.41, 5.74) is 1.03. The predicted octanol–water partition coefficient (Wildman–Crippen LogP) is 2.76. The van der Waals surface area contributed by atoms with Crippen LogP contribution >= 0.6 is 0 Å². The molecule has 2 heteroatoms. The van der Waals surface area contributed by atoms with Crippen molar-refractivity contribution < 1.29 is 9.15 Å². The van der Waals surface area contributed by atoms with E-state index in [1.54, 1.807) is 13.2 Å². The second kappa shape index (κ2) is 3.35.